The maximum atomic E-state index is 15.4. The van der Waals surface area contributed by atoms with E-state index in [-0.39, 0.29) is 80.9 Å². The number of phosphoric acid groups is 1. The van der Waals surface area contributed by atoms with E-state index in [2.05, 4.69) is 56.0 Å². The van der Waals surface area contributed by atoms with E-state index in [9.17, 15) is 57.5 Å². The number of rotatable bonds is 30. The minimum absolute atomic E-state index is 0.0172. The van der Waals surface area contributed by atoms with Gasteiger partial charge in [-0.3, -0.25) is 58.4 Å². The second-order valence-electron chi connectivity index (χ2n) is 26.9. The van der Waals surface area contributed by atoms with Crippen LogP contribution in [0, 0.1) is 12.8 Å². The molecule has 0 radical (unpaired) electrons. The van der Waals surface area contributed by atoms with Gasteiger partial charge in [-0.15, -0.1) is 10.2 Å². The van der Waals surface area contributed by atoms with Crippen molar-refractivity contribution in [1.82, 2.24) is 56.5 Å². The van der Waals surface area contributed by atoms with Gasteiger partial charge in [0.05, 0.1) is 30.0 Å². The number of piperazine rings is 1. The summed E-state index contributed by atoms with van der Waals surface area (Å²) in [5.41, 5.74) is 9.95. The Morgan fingerprint density at radius 1 is 0.846 bits per heavy atom. The Hall–Kier alpha value is -10.4. The van der Waals surface area contributed by atoms with Gasteiger partial charge in [0.25, 0.3) is 17.7 Å². The first kappa shape index (κ1) is 74.8. The fraction of sp³-hybridized carbons (Fsp3) is 0.451. The number of nitrogens with two attached hydrogens (primary N) is 1. The van der Waals surface area contributed by atoms with Crippen LogP contribution in [0.4, 0.5) is 26.8 Å². The Balaban J connectivity index is 0.789. The number of para-hydroxylation sites is 1. The average Bonchev–Trinajstić information content (AvgIpc) is 1.50. The summed E-state index contributed by atoms with van der Waals surface area (Å²) < 4.78 is 35.2. The lowest BCUT2D eigenvalue weighted by atomic mass is 9.89. The SMILES string of the molecule is CC[C@@]12C[C@@H](Oc3ncc(CN4CCN(c5ccc6c(c5)C(=O)N([C@H]5CCC(=O)NC5=O)C6)CC4)cc3C)CN1c1cc(-c3ccccc3OCOP(=O)(O)O)nnc1N(C(=O)OC(NC(=O)[C@H](CCCNC(N)=O)NC(=O)[C@@H](NC(=O)CCCCCN1C(=O)C=CC1=O)C(C)C)c1ccccc1)C2. The zero-order valence-electron chi connectivity index (χ0n) is 58.2. The van der Waals surface area contributed by atoms with E-state index in [0.717, 1.165) is 40.4 Å². The summed E-state index contributed by atoms with van der Waals surface area (Å²) in [6.07, 6.45) is 4.04. The highest BCUT2D eigenvalue weighted by Crippen LogP contribution is 2.48. The summed E-state index contributed by atoms with van der Waals surface area (Å²) >= 11 is 0. The lowest BCUT2D eigenvalue weighted by Gasteiger charge is -2.47. The molecule has 6 aliphatic rings. The number of nitrogens with one attached hydrogen (secondary N) is 5. The van der Waals surface area contributed by atoms with Crippen LogP contribution >= 0.6 is 7.82 Å². The van der Waals surface area contributed by atoms with Crippen LogP contribution in [0.2, 0.25) is 0 Å². The number of aryl methyl sites for hydroxylation is 1. The quantitative estimate of drug-likeness (QED) is 0.0136. The van der Waals surface area contributed by atoms with Crippen LogP contribution in [0.1, 0.15) is 124 Å². The highest BCUT2D eigenvalue weighted by Gasteiger charge is 2.53. The van der Waals surface area contributed by atoms with Crippen molar-refractivity contribution < 1.29 is 81.0 Å². The molecular weight excluding hydrogens is 1370 g/mol. The van der Waals surface area contributed by atoms with Gasteiger partial charge in [0.1, 0.15) is 30.0 Å². The van der Waals surface area contributed by atoms with Gasteiger partial charge in [-0.05, 0) is 98.9 Å². The molecular formula is C71H86N15O17P. The van der Waals surface area contributed by atoms with Gasteiger partial charge in [-0.2, -0.15) is 0 Å². The smallest absolute Gasteiger partial charge is 0.472 e. The first-order valence-electron chi connectivity index (χ1n) is 34.8. The Labute approximate surface area is 599 Å². The molecule has 6 aliphatic heterocycles. The van der Waals surface area contributed by atoms with Crippen LogP contribution in [0.25, 0.3) is 11.3 Å². The number of carbonyl (C=O) groups excluding carboxylic acids is 10. The lowest BCUT2D eigenvalue weighted by Crippen LogP contribution is -2.58. The van der Waals surface area contributed by atoms with Gasteiger partial charge >= 0.3 is 19.9 Å². The topological polar surface area (TPSA) is 409 Å². The minimum atomic E-state index is -4.92. The van der Waals surface area contributed by atoms with Crippen LogP contribution in [-0.4, -0.2) is 188 Å². The predicted octanol–water partition coefficient (Wildman–Crippen LogP) is 4.51. The summed E-state index contributed by atoms with van der Waals surface area (Å²) in [6.45, 7) is 10.8. The van der Waals surface area contributed by atoms with Crippen LogP contribution in [-0.2, 0) is 60.5 Å². The number of amides is 11. The molecule has 9 N–H and O–H groups in total. The normalized spacial score (nSPS) is 19.6. The molecule has 5 aromatic rings. The molecule has 11 amide bonds. The number of fused-ring (bicyclic) bond motifs is 4. The number of carbonyl (C=O) groups is 10. The molecule has 1 unspecified atom stereocenters. The number of anilines is 3. The maximum Gasteiger partial charge on any atom is 0.472 e. The van der Waals surface area contributed by atoms with Crippen LogP contribution < -0.4 is 56.5 Å². The fourth-order valence-corrected chi connectivity index (χ4v) is 14.2. The molecule has 104 heavy (non-hydrogen) atoms. The zero-order valence-corrected chi connectivity index (χ0v) is 59.1. The minimum Gasteiger partial charge on any atom is -0.472 e. The lowest BCUT2D eigenvalue weighted by molar-refractivity contribution is -0.138. The number of nitrogens with zero attached hydrogens (tertiary/aromatic N) is 9. The molecule has 11 rings (SSSR count). The maximum absolute atomic E-state index is 15.4. The van der Waals surface area contributed by atoms with Crippen LogP contribution in [0.15, 0.2) is 103 Å². The molecule has 0 spiro atoms. The van der Waals surface area contributed by atoms with Gasteiger partial charge in [-0.25, -0.2) is 23.7 Å². The summed E-state index contributed by atoms with van der Waals surface area (Å²) in [7, 11) is -4.92. The van der Waals surface area contributed by atoms with Crippen LogP contribution in [0.5, 0.6) is 11.6 Å². The van der Waals surface area contributed by atoms with Crippen molar-refractivity contribution in [3.05, 3.63) is 131 Å². The Kier molecular flexibility index (Phi) is 23.7. The van der Waals surface area contributed by atoms with Gasteiger partial charge in [-0.1, -0.05) is 75.7 Å². The van der Waals surface area contributed by atoms with Crippen molar-refractivity contribution in [2.45, 2.75) is 141 Å². The van der Waals surface area contributed by atoms with Gasteiger partial charge in [0.2, 0.25) is 41.6 Å². The van der Waals surface area contributed by atoms with Crippen molar-refractivity contribution in [3.63, 3.8) is 0 Å². The average molecular weight is 1450 g/mol. The van der Waals surface area contributed by atoms with Crippen molar-refractivity contribution in [3.8, 4) is 22.9 Å². The van der Waals surface area contributed by atoms with E-state index in [1.54, 1.807) is 85.6 Å². The Bertz CT molecular complexity index is 4150. The number of hydrogen-bond donors (Lipinski definition) is 8. The third-order valence-corrected chi connectivity index (χ3v) is 19.9. The molecule has 0 bridgehead atoms. The molecule has 3 saturated heterocycles. The number of phosphoric ester groups is 1. The first-order chi connectivity index (χ1) is 49.8. The van der Waals surface area contributed by atoms with E-state index in [4.69, 9.17) is 24.9 Å². The summed E-state index contributed by atoms with van der Waals surface area (Å²) in [4.78, 5) is 166. The highest BCUT2D eigenvalue weighted by atomic mass is 31.2. The molecule has 3 aromatic carbocycles. The highest BCUT2D eigenvalue weighted by molar-refractivity contribution is 7.46. The first-order valence-corrected chi connectivity index (χ1v) is 36.3. The van der Waals surface area contributed by atoms with E-state index < -0.39 is 104 Å². The van der Waals surface area contributed by atoms with Crippen molar-refractivity contribution in [1.29, 1.82) is 0 Å². The number of benzene rings is 3. The number of ether oxygens (including phenoxy) is 3. The van der Waals surface area contributed by atoms with Gasteiger partial charge in [0.15, 0.2) is 12.6 Å². The monoisotopic (exact) mass is 1450 g/mol. The predicted molar refractivity (Wildman–Crippen MR) is 375 cm³/mol. The van der Waals surface area contributed by atoms with E-state index in [1.807, 2.05) is 38.1 Å². The number of primary amides is 1. The molecule has 33 heteroatoms. The van der Waals surface area contributed by atoms with E-state index >= 15 is 4.79 Å². The summed E-state index contributed by atoms with van der Waals surface area (Å²) in [5, 5.41) is 22.5. The largest absolute Gasteiger partial charge is 0.472 e. The molecule has 0 aliphatic carbocycles. The van der Waals surface area contributed by atoms with Crippen LogP contribution in [0.3, 0.4) is 0 Å². The second kappa shape index (κ2) is 32.9. The molecule has 32 nitrogen and oxygen atoms in total. The number of unbranched alkanes of at least 4 members (excludes halogenated alkanes) is 2. The van der Waals surface area contributed by atoms with Gasteiger partial charge in [0, 0.05) is 118 Å². The molecule has 3 fully saturated rings. The van der Waals surface area contributed by atoms with Gasteiger partial charge < -0.3 is 65.7 Å². The number of urea groups is 1. The number of aromatic nitrogens is 3. The van der Waals surface area contributed by atoms with E-state index in [1.165, 1.54) is 17.1 Å². The third kappa shape index (κ3) is 18.0. The molecule has 8 heterocycles. The van der Waals surface area contributed by atoms with Crippen molar-refractivity contribution in [2.24, 2.45) is 11.7 Å². The van der Waals surface area contributed by atoms with Crippen molar-refractivity contribution in [2.75, 3.05) is 73.9 Å². The fourth-order valence-electron chi connectivity index (χ4n) is 14.0. The summed E-state index contributed by atoms with van der Waals surface area (Å²) in [6, 6.07) is 20.7. The zero-order chi connectivity index (χ0) is 74.0. The standard InChI is InChI=1S/C71H86N15O17P/c1-5-71-36-49(102-66-44(4)33-45(37-74-66)38-81-29-31-82(32-30-81)48-22-21-47-39-84(68(94)51(47)34-48)54-23-24-58(88)77-64(54)92)40-86(71)55-35-53(50-17-11-12-19-56(50)100-42-101-104(97,98)99)79-80-62(55)85(41-71)70(96)103-67(46-15-8-6-9-16-46)78-63(91)52(18-14-27-73-69(72)95)75-65(93)61(43(2)3)76-57(87)20-10-7-13-28-83-59(89)25-26-60(83)90/h6,8-9,11-12,15-17,19,21-22,25-26,33-35,37,43,49,52,54,61,67H,5,7,10,13-14,18,20,23-24,27-32,36,38-42H2,1-4H3,(H,75,93)(H,76,87)(H,78,91)(H3,72,73,95)(H,77,88,92)(H2,97,98,99)/t49-,52+,54+,61+,67?,71+/m1/s1. The molecule has 2 aromatic heterocycles. The number of imide groups is 2. The third-order valence-electron chi connectivity index (χ3n) is 19.5. The molecule has 6 atom stereocenters. The molecule has 0 saturated carbocycles. The Morgan fingerprint density at radius 2 is 1.60 bits per heavy atom. The van der Waals surface area contributed by atoms with E-state index in [0.29, 0.717) is 93.0 Å². The number of pyridine rings is 1. The summed E-state index contributed by atoms with van der Waals surface area (Å²) in [5.74, 6) is -3.53. The van der Waals surface area contributed by atoms with Crippen molar-refractivity contribution >= 4 is 84.4 Å². The second-order valence-corrected chi connectivity index (χ2v) is 28.2. The number of piperidine rings is 1. The Morgan fingerprint density at radius 3 is 2.31 bits per heavy atom. The number of hydrogen-bond acceptors (Lipinski definition) is 21. The molecule has 552 valence electrons.